The fourth-order valence-corrected chi connectivity index (χ4v) is 4.93. The maximum absolute atomic E-state index is 13.5. The maximum atomic E-state index is 13.5. The zero-order chi connectivity index (χ0) is 24.8. The van der Waals surface area contributed by atoms with E-state index < -0.39 is 18.0 Å². The molecule has 0 radical (unpaired) electrons. The smallest absolute Gasteiger partial charge is 0.413 e. The molecule has 0 unspecified atom stereocenters. The standard InChI is InChI=1S/C25H23FN6O3/c1-15(16-4-3-5-18(26)8-16)35-23(34)30-21-19(10-29-32(21)2)20-7-6-17(9-28-20)22(33)31-25-11-24(12-25,13-25)14-27/h3-10,15H,11-13H2,1-2H3,(H,30,34)(H,31,33)/t15-,24?,25?/m1/s1. The van der Waals surface area contributed by atoms with E-state index in [1.165, 1.54) is 23.0 Å². The van der Waals surface area contributed by atoms with Gasteiger partial charge in [0.1, 0.15) is 17.7 Å². The zero-order valence-electron chi connectivity index (χ0n) is 19.2. The highest BCUT2D eigenvalue weighted by Gasteiger charge is 2.69. The summed E-state index contributed by atoms with van der Waals surface area (Å²) in [6.45, 7) is 1.65. The number of halogens is 1. The van der Waals surface area contributed by atoms with Crippen molar-refractivity contribution in [1.82, 2.24) is 20.1 Å². The molecule has 1 aromatic carbocycles. The van der Waals surface area contributed by atoms with Crippen LogP contribution < -0.4 is 10.6 Å². The Morgan fingerprint density at radius 2 is 2.00 bits per heavy atom. The average molecular weight is 474 g/mol. The van der Waals surface area contributed by atoms with Crippen LogP contribution in [0.3, 0.4) is 0 Å². The van der Waals surface area contributed by atoms with Gasteiger partial charge in [0, 0.05) is 18.8 Å². The maximum Gasteiger partial charge on any atom is 0.413 e. The van der Waals surface area contributed by atoms with Crippen LogP contribution in [0, 0.1) is 22.6 Å². The number of ether oxygens (including phenoxy) is 1. The number of benzene rings is 1. The van der Waals surface area contributed by atoms with Crippen LogP contribution in [0.2, 0.25) is 0 Å². The van der Waals surface area contributed by atoms with Gasteiger partial charge in [0.2, 0.25) is 0 Å². The molecule has 2 N–H and O–H groups in total. The second-order valence-corrected chi connectivity index (χ2v) is 9.35. The van der Waals surface area contributed by atoms with E-state index in [1.807, 2.05) is 0 Å². The zero-order valence-corrected chi connectivity index (χ0v) is 19.2. The van der Waals surface area contributed by atoms with Crippen molar-refractivity contribution in [1.29, 1.82) is 5.26 Å². The summed E-state index contributed by atoms with van der Waals surface area (Å²) in [6.07, 6.45) is 3.73. The van der Waals surface area contributed by atoms with E-state index >= 15 is 0 Å². The van der Waals surface area contributed by atoms with Crippen LogP contribution in [0.15, 0.2) is 48.8 Å². The first-order valence-electron chi connectivity index (χ1n) is 11.2. The summed E-state index contributed by atoms with van der Waals surface area (Å²) in [5.74, 6) is -0.276. The molecule has 2 amide bonds. The van der Waals surface area contributed by atoms with E-state index in [1.54, 1.807) is 44.4 Å². The molecule has 2 heterocycles. The Kier molecular flexibility index (Phi) is 5.28. The van der Waals surface area contributed by atoms with Gasteiger partial charge in [-0.3, -0.25) is 19.8 Å². The molecule has 2 bridgehead atoms. The lowest BCUT2D eigenvalue weighted by Gasteiger charge is -2.66. The quantitative estimate of drug-likeness (QED) is 0.555. The number of carbonyl (C=O) groups is 2. The van der Waals surface area contributed by atoms with Crippen molar-refractivity contribution < 1.29 is 18.7 Å². The minimum Gasteiger partial charge on any atom is -0.441 e. The lowest BCUT2D eigenvalue weighted by atomic mass is 9.40. The molecule has 6 rings (SSSR count). The number of hydrogen-bond acceptors (Lipinski definition) is 6. The van der Waals surface area contributed by atoms with Gasteiger partial charge in [-0.15, -0.1) is 0 Å². The van der Waals surface area contributed by atoms with Crippen molar-refractivity contribution in [2.45, 2.75) is 37.8 Å². The van der Waals surface area contributed by atoms with Crippen LogP contribution in [0.25, 0.3) is 11.3 Å². The Morgan fingerprint density at radius 3 is 2.66 bits per heavy atom. The largest absolute Gasteiger partial charge is 0.441 e. The van der Waals surface area contributed by atoms with E-state index in [-0.39, 0.29) is 16.9 Å². The van der Waals surface area contributed by atoms with Gasteiger partial charge in [-0.1, -0.05) is 12.1 Å². The van der Waals surface area contributed by atoms with Crippen LogP contribution in [-0.2, 0) is 11.8 Å². The molecule has 3 aliphatic carbocycles. The number of aromatic nitrogens is 3. The van der Waals surface area contributed by atoms with Gasteiger partial charge in [-0.05, 0) is 56.0 Å². The number of rotatable bonds is 6. The second-order valence-electron chi connectivity index (χ2n) is 9.35. The number of pyridine rings is 1. The number of nitrogens with zero attached hydrogens (tertiary/aromatic N) is 4. The number of anilines is 1. The first-order valence-corrected chi connectivity index (χ1v) is 11.2. The Labute approximate surface area is 200 Å². The second kappa shape index (κ2) is 8.20. The van der Waals surface area contributed by atoms with Gasteiger partial charge in [-0.25, -0.2) is 9.18 Å². The third-order valence-corrected chi connectivity index (χ3v) is 6.71. The molecule has 178 valence electrons. The Balaban J connectivity index is 1.24. The number of hydrogen-bond donors (Lipinski definition) is 2. The molecule has 9 nitrogen and oxygen atoms in total. The lowest BCUT2D eigenvalue weighted by molar-refractivity contribution is -0.102. The topological polar surface area (TPSA) is 122 Å². The Hall–Kier alpha value is -4.26. The molecule has 3 saturated carbocycles. The summed E-state index contributed by atoms with van der Waals surface area (Å²) in [7, 11) is 1.66. The minimum atomic E-state index is -0.726. The highest BCUT2D eigenvalue weighted by molar-refractivity contribution is 5.95. The van der Waals surface area contributed by atoms with Gasteiger partial charge in [-0.2, -0.15) is 10.4 Å². The number of nitrogens with one attached hydrogen (secondary N) is 2. The van der Waals surface area contributed by atoms with E-state index in [9.17, 15) is 14.0 Å². The Bertz CT molecular complexity index is 1340. The van der Waals surface area contributed by atoms with Crippen LogP contribution in [0.5, 0.6) is 0 Å². The van der Waals surface area contributed by atoms with Gasteiger partial charge < -0.3 is 10.1 Å². The average Bonchev–Trinajstić information content (AvgIpc) is 3.15. The third kappa shape index (κ3) is 4.10. The van der Waals surface area contributed by atoms with Crippen molar-refractivity contribution in [3.63, 3.8) is 0 Å². The third-order valence-electron chi connectivity index (χ3n) is 6.71. The van der Waals surface area contributed by atoms with Crippen LogP contribution in [0.1, 0.15) is 48.2 Å². The van der Waals surface area contributed by atoms with Crippen LogP contribution in [0.4, 0.5) is 15.0 Å². The lowest BCUT2D eigenvalue weighted by Crippen LogP contribution is -2.74. The SMILES string of the molecule is C[C@@H](OC(=O)Nc1c(-c2ccc(C(=O)NC34CC(C#N)(C3)C4)cn2)cnn1C)c1cccc(F)c1. The van der Waals surface area contributed by atoms with Crippen molar-refractivity contribution in [2.24, 2.45) is 12.5 Å². The van der Waals surface area contributed by atoms with Crippen LogP contribution >= 0.6 is 0 Å². The molecule has 0 saturated heterocycles. The number of aryl methyl sites for hydroxylation is 1. The summed E-state index contributed by atoms with van der Waals surface area (Å²) in [6, 6.07) is 11.5. The van der Waals surface area contributed by atoms with E-state index in [0.717, 1.165) is 0 Å². The molecule has 10 heteroatoms. The van der Waals surface area contributed by atoms with Gasteiger partial charge in [0.25, 0.3) is 5.91 Å². The summed E-state index contributed by atoms with van der Waals surface area (Å²) >= 11 is 0. The van der Waals surface area contributed by atoms with E-state index in [0.29, 0.717) is 47.5 Å². The van der Waals surface area contributed by atoms with E-state index in [4.69, 9.17) is 10.00 Å². The molecule has 3 aromatic rings. The van der Waals surface area contributed by atoms with Gasteiger partial charge in [0.05, 0.1) is 34.5 Å². The molecule has 0 spiro atoms. The predicted octanol–water partition coefficient (Wildman–Crippen LogP) is 4.11. The molecule has 0 aliphatic heterocycles. The van der Waals surface area contributed by atoms with Crippen molar-refractivity contribution in [2.75, 3.05) is 5.32 Å². The number of carbonyl (C=O) groups excluding carboxylic acids is 2. The highest BCUT2D eigenvalue weighted by atomic mass is 19.1. The normalized spacial score (nSPS) is 22.7. The highest BCUT2D eigenvalue weighted by Crippen LogP contribution is 2.66. The molecule has 3 fully saturated rings. The molecule has 2 aromatic heterocycles. The van der Waals surface area contributed by atoms with Crippen molar-refractivity contribution >= 4 is 17.8 Å². The molecular weight excluding hydrogens is 451 g/mol. The monoisotopic (exact) mass is 474 g/mol. The van der Waals surface area contributed by atoms with Gasteiger partial charge >= 0.3 is 6.09 Å². The number of nitriles is 1. The van der Waals surface area contributed by atoms with E-state index in [2.05, 4.69) is 26.8 Å². The summed E-state index contributed by atoms with van der Waals surface area (Å²) < 4.78 is 20.3. The fourth-order valence-electron chi connectivity index (χ4n) is 4.93. The molecular formula is C25H23FN6O3. The summed E-state index contributed by atoms with van der Waals surface area (Å²) in [5.41, 5.74) is 1.50. The van der Waals surface area contributed by atoms with Gasteiger partial charge in [0.15, 0.2) is 0 Å². The Morgan fingerprint density at radius 1 is 1.23 bits per heavy atom. The van der Waals surface area contributed by atoms with Crippen LogP contribution in [-0.4, -0.2) is 32.3 Å². The van der Waals surface area contributed by atoms with Crippen molar-refractivity contribution in [3.8, 4) is 17.3 Å². The number of amides is 2. The first-order chi connectivity index (χ1) is 16.7. The predicted molar refractivity (Wildman–Crippen MR) is 123 cm³/mol. The molecule has 35 heavy (non-hydrogen) atoms. The summed E-state index contributed by atoms with van der Waals surface area (Å²) in [4.78, 5) is 29.5. The molecule has 3 aliphatic rings. The summed E-state index contributed by atoms with van der Waals surface area (Å²) in [5, 5.41) is 19.0. The fraction of sp³-hybridized carbons (Fsp3) is 0.320. The molecule has 1 atom stereocenters. The van der Waals surface area contributed by atoms with Crippen molar-refractivity contribution in [3.05, 3.63) is 65.7 Å². The first kappa shape index (κ1) is 22.5. The minimum absolute atomic E-state index is 0.227.